The zero-order chi connectivity index (χ0) is 7.28. The van der Waals surface area contributed by atoms with Gasteiger partial charge in [0.15, 0.2) is 0 Å². The van der Waals surface area contributed by atoms with Crippen LogP contribution in [0.5, 0.6) is 0 Å². The van der Waals surface area contributed by atoms with Gasteiger partial charge in [0.25, 0.3) is 0 Å². The molecule has 0 saturated heterocycles. The van der Waals surface area contributed by atoms with Gasteiger partial charge in [-0.25, -0.2) is 0 Å². The zero-order valence-corrected chi connectivity index (χ0v) is 5.72. The summed E-state index contributed by atoms with van der Waals surface area (Å²) in [4.78, 5) is 10.4. The molecule has 0 amide bonds. The molecule has 2 heteroatoms. The second-order valence-electron chi connectivity index (χ2n) is 1.80. The molecule has 0 bridgehead atoms. The van der Waals surface area contributed by atoms with Crippen LogP contribution in [0.1, 0.15) is 12.8 Å². The predicted molar refractivity (Wildman–Crippen MR) is 36.0 cm³/mol. The number of hydrogen-bond acceptors (Lipinski definition) is 2. The smallest absolute Gasteiger partial charge is 0.308 e. The summed E-state index contributed by atoms with van der Waals surface area (Å²) in [5.74, 6) is 0.213. The number of carbonyl (C=O) groups excluding carboxylic acids is 1. The molecule has 0 radical (unpaired) electrons. The number of carbonyl (C=O) groups is 1. The molecule has 1 saturated carbocycles. The van der Waals surface area contributed by atoms with E-state index in [9.17, 15) is 4.79 Å². The van der Waals surface area contributed by atoms with Crippen LogP contribution in [0.2, 0.25) is 0 Å². The molecular weight excluding hydrogens is 116 g/mol. The molecule has 1 aliphatic carbocycles. The van der Waals surface area contributed by atoms with Gasteiger partial charge in [-0.15, -0.1) is 13.2 Å². The van der Waals surface area contributed by atoms with Crippen molar-refractivity contribution in [1.82, 2.24) is 0 Å². The highest BCUT2D eigenvalue weighted by Gasteiger charge is 2.30. The average Bonchev–Trinajstić information content (AvgIpc) is 2.72. The molecule has 0 aromatic heterocycles. The summed E-state index contributed by atoms with van der Waals surface area (Å²) in [6.45, 7) is 6.00. The Kier molecular flexibility index (Phi) is 3.76. The first-order chi connectivity index (χ1) is 4.34. The Morgan fingerprint density at radius 2 is 2.00 bits per heavy atom. The molecule has 0 spiro atoms. The van der Waals surface area contributed by atoms with E-state index in [1.807, 2.05) is 0 Å². The summed E-state index contributed by atoms with van der Waals surface area (Å²) in [5.41, 5.74) is 0. The van der Waals surface area contributed by atoms with E-state index in [1.54, 1.807) is 0 Å². The molecule has 1 fully saturated rings. The Bertz CT molecular complexity index is 95.1. The van der Waals surface area contributed by atoms with E-state index < -0.39 is 0 Å². The van der Waals surface area contributed by atoms with E-state index in [1.165, 1.54) is 7.11 Å². The number of ether oxygens (including phenoxy) is 1. The standard InChI is InChI=1S/C5H8O2.C2H4/c1-7-5(6)4-2-3-4;1-2/h4H,2-3H2,1H3;1-2H2. The largest absolute Gasteiger partial charge is 0.469 e. The summed E-state index contributed by atoms with van der Waals surface area (Å²) < 4.78 is 4.44. The van der Waals surface area contributed by atoms with Crippen molar-refractivity contribution < 1.29 is 9.53 Å². The molecule has 0 aliphatic heterocycles. The lowest BCUT2D eigenvalue weighted by atomic mass is 10.4. The van der Waals surface area contributed by atoms with Gasteiger partial charge in [0.05, 0.1) is 13.0 Å². The number of rotatable bonds is 1. The molecule has 0 atom stereocenters. The van der Waals surface area contributed by atoms with Gasteiger partial charge in [0, 0.05) is 0 Å². The van der Waals surface area contributed by atoms with Crippen LogP contribution in [0, 0.1) is 5.92 Å². The van der Waals surface area contributed by atoms with Gasteiger partial charge in [-0.1, -0.05) is 0 Å². The van der Waals surface area contributed by atoms with Gasteiger partial charge in [0.1, 0.15) is 0 Å². The van der Waals surface area contributed by atoms with E-state index in [2.05, 4.69) is 17.9 Å². The maximum Gasteiger partial charge on any atom is 0.308 e. The minimum atomic E-state index is -0.0417. The Morgan fingerprint density at radius 3 is 2.11 bits per heavy atom. The number of methoxy groups -OCH3 is 1. The molecule has 1 rings (SSSR count). The van der Waals surface area contributed by atoms with E-state index in [4.69, 9.17) is 0 Å². The Morgan fingerprint density at radius 1 is 1.56 bits per heavy atom. The van der Waals surface area contributed by atoms with Crippen LogP contribution in [-0.2, 0) is 9.53 Å². The van der Waals surface area contributed by atoms with Crippen LogP contribution in [0.15, 0.2) is 13.2 Å². The fraction of sp³-hybridized carbons (Fsp3) is 0.571. The van der Waals surface area contributed by atoms with Crippen LogP contribution in [0.3, 0.4) is 0 Å². The first-order valence-corrected chi connectivity index (χ1v) is 2.92. The lowest BCUT2D eigenvalue weighted by molar-refractivity contribution is -0.142. The monoisotopic (exact) mass is 128 g/mol. The summed E-state index contributed by atoms with van der Waals surface area (Å²) in [5, 5.41) is 0. The van der Waals surface area contributed by atoms with Crippen molar-refractivity contribution in [3.05, 3.63) is 13.2 Å². The third kappa shape index (κ3) is 2.90. The van der Waals surface area contributed by atoms with Gasteiger partial charge in [-0.05, 0) is 12.8 Å². The minimum absolute atomic E-state index is 0.0417. The first kappa shape index (κ1) is 8.21. The molecule has 0 aromatic rings. The third-order valence-corrected chi connectivity index (χ3v) is 1.11. The first-order valence-electron chi connectivity index (χ1n) is 2.92. The van der Waals surface area contributed by atoms with Crippen molar-refractivity contribution in [2.75, 3.05) is 7.11 Å². The van der Waals surface area contributed by atoms with Crippen LogP contribution < -0.4 is 0 Å². The molecule has 52 valence electrons. The van der Waals surface area contributed by atoms with E-state index in [0.29, 0.717) is 0 Å². The molecule has 0 heterocycles. The summed E-state index contributed by atoms with van der Waals surface area (Å²) >= 11 is 0. The van der Waals surface area contributed by atoms with Crippen molar-refractivity contribution >= 4 is 5.97 Å². The number of hydrogen-bond donors (Lipinski definition) is 0. The second kappa shape index (κ2) is 4.13. The molecule has 9 heavy (non-hydrogen) atoms. The van der Waals surface area contributed by atoms with Crippen LogP contribution in [-0.4, -0.2) is 13.1 Å². The molecule has 0 N–H and O–H groups in total. The highest BCUT2D eigenvalue weighted by molar-refractivity contribution is 5.74. The summed E-state index contributed by atoms with van der Waals surface area (Å²) in [6, 6.07) is 0. The maximum absolute atomic E-state index is 10.4. The maximum atomic E-state index is 10.4. The van der Waals surface area contributed by atoms with Crippen molar-refractivity contribution in [3.63, 3.8) is 0 Å². The van der Waals surface area contributed by atoms with Gasteiger partial charge in [-0.2, -0.15) is 0 Å². The number of esters is 1. The molecular formula is C7H12O2. The van der Waals surface area contributed by atoms with Gasteiger partial charge in [0.2, 0.25) is 0 Å². The van der Waals surface area contributed by atoms with E-state index >= 15 is 0 Å². The fourth-order valence-electron chi connectivity index (χ4n) is 0.486. The Hall–Kier alpha value is -0.790. The van der Waals surface area contributed by atoms with Crippen LogP contribution >= 0.6 is 0 Å². The quantitative estimate of drug-likeness (QED) is 0.394. The summed E-state index contributed by atoms with van der Waals surface area (Å²) in [7, 11) is 1.43. The second-order valence-corrected chi connectivity index (χ2v) is 1.80. The predicted octanol–water partition coefficient (Wildman–Crippen LogP) is 1.37. The van der Waals surface area contributed by atoms with Gasteiger partial charge < -0.3 is 4.74 Å². The van der Waals surface area contributed by atoms with Crippen molar-refractivity contribution in [1.29, 1.82) is 0 Å². The highest BCUT2D eigenvalue weighted by Crippen LogP contribution is 2.29. The van der Waals surface area contributed by atoms with Crippen molar-refractivity contribution in [2.45, 2.75) is 12.8 Å². The molecule has 1 aliphatic rings. The van der Waals surface area contributed by atoms with Crippen LogP contribution in [0.4, 0.5) is 0 Å². The third-order valence-electron chi connectivity index (χ3n) is 1.11. The van der Waals surface area contributed by atoms with Gasteiger partial charge >= 0.3 is 5.97 Å². The normalized spacial score (nSPS) is 15.2. The topological polar surface area (TPSA) is 26.3 Å². The summed E-state index contributed by atoms with van der Waals surface area (Å²) in [6.07, 6.45) is 2.07. The van der Waals surface area contributed by atoms with Crippen LogP contribution in [0.25, 0.3) is 0 Å². The Balaban J connectivity index is 0.000000291. The average molecular weight is 128 g/mol. The lowest BCUT2D eigenvalue weighted by Gasteiger charge is -1.89. The SMILES string of the molecule is C=C.COC(=O)C1CC1. The van der Waals surface area contributed by atoms with Gasteiger partial charge in [-0.3, -0.25) is 4.79 Å². The molecule has 0 unspecified atom stereocenters. The van der Waals surface area contributed by atoms with Crippen molar-refractivity contribution in [3.8, 4) is 0 Å². The van der Waals surface area contributed by atoms with E-state index in [-0.39, 0.29) is 11.9 Å². The van der Waals surface area contributed by atoms with Crippen molar-refractivity contribution in [2.24, 2.45) is 5.92 Å². The zero-order valence-electron chi connectivity index (χ0n) is 5.72. The fourth-order valence-corrected chi connectivity index (χ4v) is 0.486. The minimum Gasteiger partial charge on any atom is -0.469 e. The molecule has 2 nitrogen and oxygen atoms in total. The highest BCUT2D eigenvalue weighted by atomic mass is 16.5. The lowest BCUT2D eigenvalue weighted by Crippen LogP contribution is -2.00. The molecule has 0 aromatic carbocycles. The Labute approximate surface area is 55.5 Å². The van der Waals surface area contributed by atoms with E-state index in [0.717, 1.165) is 12.8 Å².